The second kappa shape index (κ2) is 10.1. The number of aromatic nitrogens is 1. The Morgan fingerprint density at radius 3 is 2.76 bits per heavy atom. The molecule has 1 fully saturated rings. The molecule has 11 heteroatoms. The van der Waals surface area contributed by atoms with Crippen LogP contribution in [0.1, 0.15) is 34.6 Å². The Balaban J connectivity index is 1.52. The van der Waals surface area contributed by atoms with Gasteiger partial charge < -0.3 is 19.1 Å². The zero-order valence-corrected chi connectivity index (χ0v) is 23.3. The highest BCUT2D eigenvalue weighted by atomic mass is 32.1. The molecule has 3 aliphatic rings. The monoisotopic (exact) mass is 589 g/mol. The molecule has 7 rings (SSSR count). The van der Waals surface area contributed by atoms with Crippen molar-refractivity contribution in [2.24, 2.45) is 0 Å². The van der Waals surface area contributed by atoms with Crippen molar-refractivity contribution in [2.45, 2.75) is 19.1 Å². The maximum absolute atomic E-state index is 15.8. The first-order valence-electron chi connectivity index (χ1n) is 13.4. The summed E-state index contributed by atoms with van der Waals surface area (Å²) < 4.78 is 49.2. The summed E-state index contributed by atoms with van der Waals surface area (Å²) in [5.41, 5.74) is 2.64. The molecule has 1 amide bonds. The van der Waals surface area contributed by atoms with Gasteiger partial charge in [-0.25, -0.2) is 8.78 Å². The molecular formula is C31H25F2N3O5S. The second-order valence-corrected chi connectivity index (χ2v) is 11.1. The normalized spacial score (nSPS) is 18.7. The van der Waals surface area contributed by atoms with Crippen molar-refractivity contribution in [1.82, 2.24) is 9.58 Å². The maximum atomic E-state index is 15.8. The third-order valence-corrected chi connectivity index (χ3v) is 8.72. The number of thiophene rings is 1. The number of pyridine rings is 1. The van der Waals surface area contributed by atoms with Crippen LogP contribution in [0.15, 0.2) is 77.2 Å². The fourth-order valence-corrected chi connectivity index (χ4v) is 6.99. The van der Waals surface area contributed by atoms with Gasteiger partial charge in [0.05, 0.1) is 25.0 Å². The van der Waals surface area contributed by atoms with Crippen molar-refractivity contribution < 1.29 is 27.8 Å². The molecule has 214 valence electrons. The number of rotatable bonds is 5. The third-order valence-electron chi connectivity index (χ3n) is 7.79. The van der Waals surface area contributed by atoms with Crippen LogP contribution in [0.2, 0.25) is 0 Å². The van der Waals surface area contributed by atoms with Gasteiger partial charge >= 0.3 is 0 Å². The fourth-order valence-electron chi connectivity index (χ4n) is 6.02. The minimum absolute atomic E-state index is 0.00611. The topological polar surface area (TPSA) is 73.2 Å². The largest absolute Gasteiger partial charge is 0.463 e. The Morgan fingerprint density at radius 1 is 1.10 bits per heavy atom. The summed E-state index contributed by atoms with van der Waals surface area (Å²) in [7, 11) is 0. The second-order valence-electron chi connectivity index (χ2n) is 10.2. The van der Waals surface area contributed by atoms with E-state index in [0.29, 0.717) is 22.8 Å². The van der Waals surface area contributed by atoms with E-state index >= 15 is 4.39 Å². The summed E-state index contributed by atoms with van der Waals surface area (Å²) in [6.07, 6.45) is 0.882. The molecule has 8 nitrogen and oxygen atoms in total. The number of allylic oxidation sites excluding steroid dienone is 1. The number of carbonyl (C=O) groups excluding carboxylic acids is 1. The molecule has 0 radical (unpaired) electrons. The molecular weight excluding hydrogens is 564 g/mol. The molecule has 1 aliphatic carbocycles. The van der Waals surface area contributed by atoms with Gasteiger partial charge in [0, 0.05) is 34.8 Å². The number of morpholine rings is 1. The van der Waals surface area contributed by atoms with Crippen LogP contribution in [0.3, 0.4) is 0 Å². The Bertz CT molecular complexity index is 1820. The lowest BCUT2D eigenvalue weighted by Gasteiger charge is -2.51. The summed E-state index contributed by atoms with van der Waals surface area (Å²) in [5, 5.41) is 3.76. The van der Waals surface area contributed by atoms with E-state index in [4.69, 9.17) is 14.2 Å². The Hall–Kier alpha value is -4.48. The number of ether oxygens (including phenoxy) is 3. The van der Waals surface area contributed by atoms with E-state index < -0.39 is 35.2 Å². The van der Waals surface area contributed by atoms with Crippen LogP contribution in [0.4, 0.5) is 8.78 Å². The zero-order valence-electron chi connectivity index (χ0n) is 22.5. The van der Waals surface area contributed by atoms with Gasteiger partial charge in [0.1, 0.15) is 6.17 Å². The predicted molar refractivity (Wildman–Crippen MR) is 153 cm³/mol. The number of amides is 1. The van der Waals surface area contributed by atoms with Gasteiger partial charge in [-0.05, 0) is 41.1 Å². The first kappa shape index (κ1) is 26.4. The van der Waals surface area contributed by atoms with Crippen molar-refractivity contribution in [2.75, 3.05) is 31.6 Å². The van der Waals surface area contributed by atoms with E-state index in [1.165, 1.54) is 23.6 Å². The SMILES string of the molecule is C=C(C)OCOc1c2n(ccc1=O)N(C1c3ccccc3-c3ccsc3-c3c1ccc(F)c3F)C1COCCN1C2=O. The number of benzene rings is 2. The van der Waals surface area contributed by atoms with Crippen LogP contribution in [0, 0.1) is 11.6 Å². The fraction of sp³-hybridized carbons (Fsp3) is 0.226. The quantitative estimate of drug-likeness (QED) is 0.234. The van der Waals surface area contributed by atoms with Crippen molar-refractivity contribution in [3.63, 3.8) is 0 Å². The van der Waals surface area contributed by atoms with Crippen LogP contribution in [0.5, 0.6) is 5.75 Å². The van der Waals surface area contributed by atoms with Gasteiger partial charge in [-0.2, -0.15) is 0 Å². The molecule has 2 aliphatic heterocycles. The summed E-state index contributed by atoms with van der Waals surface area (Å²) >= 11 is 1.34. The molecule has 2 aromatic heterocycles. The average Bonchev–Trinajstić information content (AvgIpc) is 3.43. The van der Waals surface area contributed by atoms with Gasteiger partial charge in [-0.15, -0.1) is 11.3 Å². The van der Waals surface area contributed by atoms with Gasteiger partial charge in [-0.1, -0.05) is 36.9 Å². The predicted octanol–water partition coefficient (Wildman–Crippen LogP) is 5.26. The van der Waals surface area contributed by atoms with Crippen molar-refractivity contribution in [3.05, 3.63) is 111 Å². The Kier molecular flexibility index (Phi) is 6.36. The van der Waals surface area contributed by atoms with Gasteiger partial charge in [0.15, 0.2) is 17.3 Å². The molecule has 1 saturated heterocycles. The molecule has 4 aromatic rings. The van der Waals surface area contributed by atoms with Crippen molar-refractivity contribution in [3.8, 4) is 27.3 Å². The maximum Gasteiger partial charge on any atom is 0.278 e. The summed E-state index contributed by atoms with van der Waals surface area (Å²) in [5.74, 6) is -2.10. The molecule has 2 aromatic carbocycles. The molecule has 2 atom stereocenters. The van der Waals surface area contributed by atoms with Gasteiger partial charge in [0.2, 0.25) is 18.0 Å². The molecule has 4 heterocycles. The number of halogens is 2. The van der Waals surface area contributed by atoms with E-state index in [-0.39, 0.29) is 37.0 Å². The number of nitrogens with zero attached hydrogens (tertiary/aromatic N) is 3. The summed E-state index contributed by atoms with van der Waals surface area (Å²) in [6, 6.07) is 12.9. The lowest BCUT2D eigenvalue weighted by molar-refractivity contribution is -0.0204. The van der Waals surface area contributed by atoms with Gasteiger partial charge in [0.25, 0.3) is 5.91 Å². The summed E-state index contributed by atoms with van der Waals surface area (Å²) in [4.78, 5) is 29.3. The molecule has 0 N–H and O–H groups in total. The van der Waals surface area contributed by atoms with E-state index in [0.717, 1.165) is 22.8 Å². The van der Waals surface area contributed by atoms with E-state index in [9.17, 15) is 14.0 Å². The van der Waals surface area contributed by atoms with Crippen molar-refractivity contribution >= 4 is 17.2 Å². The van der Waals surface area contributed by atoms with Crippen molar-refractivity contribution in [1.29, 1.82) is 0 Å². The number of hydrogen-bond acceptors (Lipinski definition) is 7. The minimum atomic E-state index is -0.952. The highest BCUT2D eigenvalue weighted by molar-refractivity contribution is 7.14. The molecule has 0 bridgehead atoms. The van der Waals surface area contributed by atoms with Crippen LogP contribution >= 0.6 is 11.3 Å². The number of carbonyl (C=O) groups is 1. The third kappa shape index (κ3) is 3.95. The van der Waals surface area contributed by atoms with Gasteiger partial charge in [-0.3, -0.25) is 19.3 Å². The van der Waals surface area contributed by atoms with Crippen LogP contribution < -0.4 is 15.2 Å². The number of fused-ring (bicyclic) bond motifs is 7. The minimum Gasteiger partial charge on any atom is -0.463 e. The molecule has 42 heavy (non-hydrogen) atoms. The highest BCUT2D eigenvalue weighted by Crippen LogP contribution is 2.51. The van der Waals surface area contributed by atoms with E-state index in [1.54, 1.807) is 22.6 Å². The van der Waals surface area contributed by atoms with E-state index in [2.05, 4.69) is 6.58 Å². The smallest absolute Gasteiger partial charge is 0.278 e. The highest BCUT2D eigenvalue weighted by Gasteiger charge is 2.47. The molecule has 2 unspecified atom stereocenters. The standard InChI is InChI=1S/C31H25F2N3O5S/c1-17(2)40-16-41-29-23(37)9-11-35-28(29)31(38)34-12-13-39-15-24(34)36(35)27-19-6-4-3-5-18(19)20-10-14-42-30(20)25-21(27)7-8-22(32)26(25)33/h3-11,14,24,27H,1,12-13,15-16H2,2H3. The lowest BCUT2D eigenvalue weighted by Crippen LogP contribution is -2.66. The first-order chi connectivity index (χ1) is 20.4. The summed E-state index contributed by atoms with van der Waals surface area (Å²) in [6.45, 7) is 5.72. The molecule has 0 spiro atoms. The Morgan fingerprint density at radius 2 is 1.93 bits per heavy atom. The zero-order chi connectivity index (χ0) is 29.1. The first-order valence-corrected chi connectivity index (χ1v) is 14.2. The van der Waals surface area contributed by atoms with Crippen LogP contribution in [0.25, 0.3) is 21.6 Å². The lowest BCUT2D eigenvalue weighted by atomic mass is 9.92. The van der Waals surface area contributed by atoms with Crippen LogP contribution in [-0.2, 0) is 9.47 Å². The Labute approximate surface area is 243 Å². The average molecular weight is 590 g/mol. The van der Waals surface area contributed by atoms with Crippen LogP contribution in [-0.4, -0.2) is 48.2 Å². The molecule has 0 saturated carbocycles. The van der Waals surface area contributed by atoms with E-state index in [1.807, 2.05) is 40.7 Å². The number of hydrogen-bond donors (Lipinski definition) is 0.